The standard InChI is InChI=1S/C31H33N3O4.ClH/c1-17(35)33-21-10-7-18(8-11-21)23-13-19(9-12-22(23)29(32)36)27-26-20(15-30(2,3)34-27)14-25(37-6)28-24(26)16-31(4,5)38-28;/h7-14H,15-16H2,1-6H3,(H2,32,36)(H,33,35);1H. The molecule has 0 aromatic heterocycles. The highest BCUT2D eigenvalue weighted by molar-refractivity contribution is 6.17. The Balaban J connectivity index is 0.00000353. The minimum Gasteiger partial charge on any atom is -0.493 e. The van der Waals surface area contributed by atoms with Crippen LogP contribution < -0.4 is 20.5 Å². The van der Waals surface area contributed by atoms with Crippen molar-refractivity contribution < 1.29 is 19.1 Å². The summed E-state index contributed by atoms with van der Waals surface area (Å²) in [6.45, 7) is 9.86. The number of ether oxygens (including phenoxy) is 2. The number of amides is 2. The van der Waals surface area contributed by atoms with Crippen LogP contribution in [-0.4, -0.2) is 35.8 Å². The minimum absolute atomic E-state index is 0. The smallest absolute Gasteiger partial charge is 0.249 e. The van der Waals surface area contributed by atoms with Crippen LogP contribution in [0.2, 0.25) is 0 Å². The van der Waals surface area contributed by atoms with E-state index >= 15 is 0 Å². The lowest BCUT2D eigenvalue weighted by Crippen LogP contribution is -2.30. The third kappa shape index (κ3) is 5.36. The third-order valence-electron chi connectivity index (χ3n) is 6.98. The minimum atomic E-state index is -0.510. The maximum Gasteiger partial charge on any atom is 0.249 e. The summed E-state index contributed by atoms with van der Waals surface area (Å²) in [6, 6.07) is 15.1. The molecule has 7 nitrogen and oxygen atoms in total. The second-order valence-electron chi connectivity index (χ2n) is 11.3. The number of aliphatic imine (C=N–C) groups is 1. The van der Waals surface area contributed by atoms with Crippen LogP contribution in [0.3, 0.4) is 0 Å². The molecule has 2 aliphatic rings. The van der Waals surface area contributed by atoms with Crippen molar-refractivity contribution in [2.24, 2.45) is 10.7 Å². The van der Waals surface area contributed by atoms with Crippen LogP contribution in [-0.2, 0) is 17.6 Å². The molecular weight excluding hydrogens is 514 g/mol. The summed E-state index contributed by atoms with van der Waals surface area (Å²) in [5.41, 5.74) is 12.8. The summed E-state index contributed by atoms with van der Waals surface area (Å²) in [5.74, 6) is 0.853. The largest absolute Gasteiger partial charge is 0.493 e. The molecule has 2 heterocycles. The number of primary amides is 1. The highest BCUT2D eigenvalue weighted by Gasteiger charge is 2.39. The second kappa shape index (κ2) is 10.0. The molecule has 0 aliphatic carbocycles. The van der Waals surface area contributed by atoms with Crippen LogP contribution in [0.15, 0.2) is 53.5 Å². The van der Waals surface area contributed by atoms with Gasteiger partial charge in [-0.2, -0.15) is 0 Å². The zero-order valence-corrected chi connectivity index (χ0v) is 23.9. The quantitative estimate of drug-likeness (QED) is 0.426. The molecule has 204 valence electrons. The molecule has 0 bridgehead atoms. The molecule has 0 unspecified atom stereocenters. The molecule has 0 fully saturated rings. The Morgan fingerprint density at radius 2 is 1.67 bits per heavy atom. The molecule has 0 spiro atoms. The normalized spacial score (nSPS) is 16.1. The molecule has 2 aliphatic heterocycles. The lowest BCUT2D eigenvalue weighted by atomic mass is 9.80. The zero-order valence-electron chi connectivity index (χ0n) is 23.1. The molecule has 3 aromatic rings. The first-order valence-corrected chi connectivity index (χ1v) is 12.7. The SMILES string of the molecule is COc1cc2c(c3c1OC(C)(C)C3)C(c1ccc(C(N)=O)c(-c3ccc(NC(C)=O)cc3)c1)=NC(C)(C)C2.Cl. The first-order chi connectivity index (χ1) is 17.9. The van der Waals surface area contributed by atoms with Crippen molar-refractivity contribution in [1.82, 2.24) is 0 Å². The number of carbonyl (C=O) groups excluding carboxylic acids is 2. The van der Waals surface area contributed by atoms with Gasteiger partial charge in [-0.1, -0.05) is 18.2 Å². The van der Waals surface area contributed by atoms with E-state index in [1.54, 1.807) is 13.2 Å². The van der Waals surface area contributed by atoms with Gasteiger partial charge in [-0.15, -0.1) is 12.4 Å². The number of rotatable bonds is 5. The number of nitrogens with two attached hydrogens (primary N) is 1. The van der Waals surface area contributed by atoms with Gasteiger partial charge in [-0.3, -0.25) is 14.6 Å². The van der Waals surface area contributed by atoms with Crippen LogP contribution in [0.25, 0.3) is 11.1 Å². The van der Waals surface area contributed by atoms with Crippen molar-refractivity contribution in [1.29, 1.82) is 0 Å². The van der Waals surface area contributed by atoms with E-state index in [4.69, 9.17) is 20.2 Å². The molecular formula is C31H34ClN3O4. The molecule has 0 radical (unpaired) electrons. The number of anilines is 1. The van der Waals surface area contributed by atoms with E-state index in [-0.39, 0.29) is 29.5 Å². The molecule has 0 saturated heterocycles. The maximum absolute atomic E-state index is 12.4. The van der Waals surface area contributed by atoms with E-state index in [0.717, 1.165) is 57.9 Å². The number of methoxy groups -OCH3 is 1. The van der Waals surface area contributed by atoms with E-state index in [9.17, 15) is 9.59 Å². The van der Waals surface area contributed by atoms with Crippen LogP contribution in [0.1, 0.15) is 67.2 Å². The predicted molar refractivity (Wildman–Crippen MR) is 157 cm³/mol. The number of fused-ring (bicyclic) bond motifs is 3. The van der Waals surface area contributed by atoms with Crippen LogP contribution in [0, 0.1) is 0 Å². The Labute approximate surface area is 235 Å². The summed E-state index contributed by atoms with van der Waals surface area (Å²) in [6.07, 6.45) is 1.50. The molecule has 5 rings (SSSR count). The number of hydrogen-bond acceptors (Lipinski definition) is 5. The van der Waals surface area contributed by atoms with Gasteiger partial charge in [0, 0.05) is 41.3 Å². The van der Waals surface area contributed by atoms with Gasteiger partial charge >= 0.3 is 0 Å². The summed E-state index contributed by atoms with van der Waals surface area (Å²) in [5, 5.41) is 2.77. The van der Waals surface area contributed by atoms with E-state index in [0.29, 0.717) is 16.8 Å². The van der Waals surface area contributed by atoms with Crippen molar-refractivity contribution >= 4 is 35.6 Å². The van der Waals surface area contributed by atoms with E-state index in [1.807, 2.05) is 36.4 Å². The lowest BCUT2D eigenvalue weighted by molar-refractivity contribution is -0.114. The Morgan fingerprint density at radius 1 is 1.00 bits per heavy atom. The monoisotopic (exact) mass is 547 g/mol. The van der Waals surface area contributed by atoms with Crippen molar-refractivity contribution in [2.45, 2.75) is 58.6 Å². The molecule has 39 heavy (non-hydrogen) atoms. The fourth-order valence-electron chi connectivity index (χ4n) is 5.51. The Kier molecular flexibility index (Phi) is 7.25. The molecule has 0 atom stereocenters. The number of benzene rings is 3. The van der Waals surface area contributed by atoms with Crippen molar-refractivity contribution in [3.8, 4) is 22.6 Å². The number of halogens is 1. The fraction of sp³-hybridized carbons (Fsp3) is 0.323. The fourth-order valence-corrected chi connectivity index (χ4v) is 5.51. The Morgan fingerprint density at radius 3 is 2.28 bits per heavy atom. The second-order valence-corrected chi connectivity index (χ2v) is 11.3. The summed E-state index contributed by atoms with van der Waals surface area (Å²) in [7, 11) is 1.67. The Hall–Kier alpha value is -3.84. The van der Waals surface area contributed by atoms with E-state index in [1.165, 1.54) is 6.92 Å². The van der Waals surface area contributed by atoms with E-state index < -0.39 is 5.91 Å². The average Bonchev–Trinajstić information content (AvgIpc) is 3.16. The van der Waals surface area contributed by atoms with Gasteiger partial charge in [0.15, 0.2) is 11.5 Å². The van der Waals surface area contributed by atoms with Crippen molar-refractivity contribution in [3.05, 3.63) is 76.3 Å². The molecule has 0 saturated carbocycles. The van der Waals surface area contributed by atoms with Gasteiger partial charge in [0.1, 0.15) is 5.60 Å². The van der Waals surface area contributed by atoms with Gasteiger partial charge in [0.25, 0.3) is 0 Å². The number of nitrogens with one attached hydrogen (secondary N) is 1. The van der Waals surface area contributed by atoms with Gasteiger partial charge in [0.05, 0.1) is 18.4 Å². The molecule has 3 aromatic carbocycles. The molecule has 2 amide bonds. The average molecular weight is 548 g/mol. The number of carbonyl (C=O) groups is 2. The molecule has 3 N–H and O–H groups in total. The third-order valence-corrected chi connectivity index (χ3v) is 6.98. The zero-order chi connectivity index (χ0) is 27.4. The Bertz CT molecular complexity index is 1510. The van der Waals surface area contributed by atoms with Crippen molar-refractivity contribution in [3.63, 3.8) is 0 Å². The van der Waals surface area contributed by atoms with Crippen LogP contribution >= 0.6 is 12.4 Å². The lowest BCUT2D eigenvalue weighted by Gasteiger charge is -2.31. The molecule has 8 heteroatoms. The van der Waals surface area contributed by atoms with E-state index in [2.05, 4.69) is 39.1 Å². The van der Waals surface area contributed by atoms with Crippen molar-refractivity contribution in [2.75, 3.05) is 12.4 Å². The maximum atomic E-state index is 12.4. The van der Waals surface area contributed by atoms with Gasteiger partial charge in [-0.25, -0.2) is 0 Å². The van der Waals surface area contributed by atoms with Gasteiger partial charge in [-0.05, 0) is 81.1 Å². The van der Waals surface area contributed by atoms with Crippen LogP contribution in [0.5, 0.6) is 11.5 Å². The predicted octanol–water partition coefficient (Wildman–Crippen LogP) is 5.73. The summed E-state index contributed by atoms with van der Waals surface area (Å²) >= 11 is 0. The number of hydrogen-bond donors (Lipinski definition) is 2. The highest BCUT2D eigenvalue weighted by atomic mass is 35.5. The van der Waals surface area contributed by atoms with Crippen LogP contribution in [0.4, 0.5) is 5.69 Å². The number of nitrogens with zero attached hydrogens (tertiary/aromatic N) is 1. The van der Waals surface area contributed by atoms with Gasteiger partial charge in [0.2, 0.25) is 11.8 Å². The summed E-state index contributed by atoms with van der Waals surface area (Å²) in [4.78, 5) is 29.1. The summed E-state index contributed by atoms with van der Waals surface area (Å²) < 4.78 is 12.1. The topological polar surface area (TPSA) is 103 Å². The first-order valence-electron chi connectivity index (χ1n) is 12.7. The highest BCUT2D eigenvalue weighted by Crippen LogP contribution is 2.48. The van der Waals surface area contributed by atoms with Gasteiger partial charge < -0.3 is 20.5 Å². The first kappa shape index (κ1) is 28.2.